The van der Waals surface area contributed by atoms with E-state index in [0.717, 1.165) is 0 Å². The molecule has 0 unspecified atom stereocenters. The SMILES string of the molecule is CC(=NO)c1cc2cc([N+](=O)[O-])ccc2oc1=O. The van der Waals surface area contributed by atoms with Gasteiger partial charge < -0.3 is 9.62 Å². The Morgan fingerprint density at radius 2 is 2.17 bits per heavy atom. The van der Waals surface area contributed by atoms with Gasteiger partial charge in [0.15, 0.2) is 0 Å². The number of hydrogen-bond donors (Lipinski definition) is 1. The van der Waals surface area contributed by atoms with Crippen molar-refractivity contribution in [1.29, 1.82) is 0 Å². The molecule has 0 saturated heterocycles. The second-order valence-corrected chi connectivity index (χ2v) is 3.61. The van der Waals surface area contributed by atoms with Crippen molar-refractivity contribution in [3.63, 3.8) is 0 Å². The number of nitro groups is 1. The summed E-state index contributed by atoms with van der Waals surface area (Å²) in [6, 6.07) is 5.28. The third-order valence-electron chi connectivity index (χ3n) is 2.47. The predicted octanol–water partition coefficient (Wildman–Crippen LogP) is 1.90. The molecule has 0 fully saturated rings. The van der Waals surface area contributed by atoms with Crippen LogP contribution in [0.1, 0.15) is 12.5 Å². The topological polar surface area (TPSA) is 106 Å². The van der Waals surface area contributed by atoms with E-state index < -0.39 is 10.5 Å². The zero-order valence-corrected chi connectivity index (χ0v) is 9.28. The van der Waals surface area contributed by atoms with Gasteiger partial charge in [0.05, 0.1) is 16.2 Å². The van der Waals surface area contributed by atoms with Gasteiger partial charge in [-0.1, -0.05) is 5.16 Å². The summed E-state index contributed by atoms with van der Waals surface area (Å²) in [5.41, 5.74) is -0.393. The summed E-state index contributed by atoms with van der Waals surface area (Å²) in [7, 11) is 0. The first-order valence-corrected chi connectivity index (χ1v) is 4.94. The molecule has 0 bridgehead atoms. The van der Waals surface area contributed by atoms with Gasteiger partial charge in [-0.3, -0.25) is 10.1 Å². The van der Waals surface area contributed by atoms with Crippen LogP contribution < -0.4 is 5.63 Å². The van der Waals surface area contributed by atoms with Crippen molar-refractivity contribution in [1.82, 2.24) is 0 Å². The van der Waals surface area contributed by atoms with Crippen molar-refractivity contribution in [3.8, 4) is 0 Å². The number of hydrogen-bond acceptors (Lipinski definition) is 6. The average molecular weight is 248 g/mol. The van der Waals surface area contributed by atoms with Crippen LogP contribution in [0.5, 0.6) is 0 Å². The largest absolute Gasteiger partial charge is 0.422 e. The lowest BCUT2D eigenvalue weighted by atomic mass is 10.1. The van der Waals surface area contributed by atoms with Crippen molar-refractivity contribution < 1.29 is 14.5 Å². The molecule has 0 radical (unpaired) electrons. The number of oxime groups is 1. The molecule has 0 spiro atoms. The first-order valence-electron chi connectivity index (χ1n) is 4.94. The Morgan fingerprint density at radius 1 is 1.44 bits per heavy atom. The highest BCUT2D eigenvalue weighted by Crippen LogP contribution is 2.20. The Balaban J connectivity index is 2.75. The molecule has 1 N–H and O–H groups in total. The van der Waals surface area contributed by atoms with Gasteiger partial charge in [-0.2, -0.15) is 0 Å². The maximum absolute atomic E-state index is 11.6. The summed E-state index contributed by atoms with van der Waals surface area (Å²) in [6.07, 6.45) is 0. The first-order chi connectivity index (χ1) is 8.52. The smallest absolute Gasteiger partial charge is 0.345 e. The van der Waals surface area contributed by atoms with E-state index in [1.54, 1.807) is 0 Å². The Hall–Kier alpha value is -2.70. The van der Waals surface area contributed by atoms with E-state index in [-0.39, 0.29) is 22.5 Å². The van der Waals surface area contributed by atoms with Gasteiger partial charge in [0.1, 0.15) is 5.58 Å². The number of non-ortho nitro benzene ring substituents is 1. The zero-order valence-electron chi connectivity index (χ0n) is 9.28. The normalized spacial score (nSPS) is 11.7. The van der Waals surface area contributed by atoms with Crippen LogP contribution in [-0.2, 0) is 0 Å². The lowest BCUT2D eigenvalue weighted by molar-refractivity contribution is -0.384. The molecule has 2 aromatic rings. The highest BCUT2D eigenvalue weighted by molar-refractivity contribution is 6.00. The van der Waals surface area contributed by atoms with Crippen LogP contribution in [0.15, 0.2) is 38.6 Å². The lowest BCUT2D eigenvalue weighted by Crippen LogP contribution is -2.12. The molecule has 1 heterocycles. The Bertz CT molecular complexity index is 717. The maximum Gasteiger partial charge on any atom is 0.345 e. The standard InChI is InChI=1S/C11H8N2O5/c1-6(12-15)9-5-7-4-8(13(16)17)2-3-10(7)18-11(9)14/h2-5,15H,1H3. The molecule has 92 valence electrons. The van der Waals surface area contributed by atoms with E-state index in [1.807, 2.05) is 0 Å². The number of benzene rings is 1. The molecule has 7 heteroatoms. The number of nitro benzene ring substituents is 1. The Labute approximate surface area is 100 Å². The molecule has 18 heavy (non-hydrogen) atoms. The third kappa shape index (κ3) is 1.93. The Morgan fingerprint density at radius 3 is 2.78 bits per heavy atom. The molecular formula is C11H8N2O5. The zero-order chi connectivity index (χ0) is 13.3. The van der Waals surface area contributed by atoms with Gasteiger partial charge >= 0.3 is 5.63 Å². The minimum Gasteiger partial charge on any atom is -0.422 e. The van der Waals surface area contributed by atoms with Crippen LogP contribution in [0.2, 0.25) is 0 Å². The molecular weight excluding hydrogens is 240 g/mol. The lowest BCUT2D eigenvalue weighted by Gasteiger charge is -2.00. The number of fused-ring (bicyclic) bond motifs is 1. The van der Waals surface area contributed by atoms with Gasteiger partial charge in [0.25, 0.3) is 5.69 Å². The van der Waals surface area contributed by atoms with Crippen molar-refractivity contribution in [2.45, 2.75) is 6.92 Å². The number of rotatable bonds is 2. The van der Waals surface area contributed by atoms with Gasteiger partial charge in [-0.05, 0) is 19.1 Å². The molecule has 1 aromatic carbocycles. The van der Waals surface area contributed by atoms with E-state index in [4.69, 9.17) is 9.62 Å². The molecule has 0 amide bonds. The van der Waals surface area contributed by atoms with Gasteiger partial charge in [-0.15, -0.1) is 0 Å². The second kappa shape index (κ2) is 4.28. The fourth-order valence-corrected chi connectivity index (χ4v) is 1.53. The molecule has 0 aliphatic heterocycles. The average Bonchev–Trinajstić information content (AvgIpc) is 2.36. The molecule has 0 saturated carbocycles. The van der Waals surface area contributed by atoms with E-state index in [0.29, 0.717) is 5.39 Å². The molecule has 0 aliphatic carbocycles. The van der Waals surface area contributed by atoms with Crippen molar-refractivity contribution >= 4 is 22.4 Å². The van der Waals surface area contributed by atoms with Gasteiger partial charge in [0.2, 0.25) is 0 Å². The highest BCUT2D eigenvalue weighted by atomic mass is 16.6. The number of nitrogens with zero attached hydrogens (tertiary/aromatic N) is 2. The molecule has 1 aromatic heterocycles. The van der Waals surface area contributed by atoms with Crippen LogP contribution >= 0.6 is 0 Å². The summed E-state index contributed by atoms with van der Waals surface area (Å²) in [4.78, 5) is 21.7. The molecule has 0 atom stereocenters. The van der Waals surface area contributed by atoms with E-state index in [1.165, 1.54) is 31.2 Å². The summed E-state index contributed by atoms with van der Waals surface area (Å²) >= 11 is 0. The third-order valence-corrected chi connectivity index (χ3v) is 2.47. The monoisotopic (exact) mass is 248 g/mol. The summed E-state index contributed by atoms with van der Waals surface area (Å²) in [5.74, 6) is 0. The predicted molar refractivity (Wildman–Crippen MR) is 63.1 cm³/mol. The second-order valence-electron chi connectivity index (χ2n) is 3.61. The van der Waals surface area contributed by atoms with Crippen LogP contribution in [0.4, 0.5) is 5.69 Å². The highest BCUT2D eigenvalue weighted by Gasteiger charge is 2.12. The van der Waals surface area contributed by atoms with Crippen LogP contribution in [0.3, 0.4) is 0 Å². The summed E-state index contributed by atoms with van der Waals surface area (Å²) < 4.78 is 4.98. The van der Waals surface area contributed by atoms with Gasteiger partial charge in [0, 0.05) is 17.5 Å². The van der Waals surface area contributed by atoms with Crippen molar-refractivity contribution in [2.24, 2.45) is 5.16 Å². The minimum atomic E-state index is -0.661. The van der Waals surface area contributed by atoms with Crippen LogP contribution in [0.25, 0.3) is 11.0 Å². The van der Waals surface area contributed by atoms with Crippen LogP contribution in [0, 0.1) is 10.1 Å². The summed E-state index contributed by atoms with van der Waals surface area (Å²) in [6.45, 7) is 1.43. The molecule has 2 rings (SSSR count). The van der Waals surface area contributed by atoms with E-state index in [2.05, 4.69) is 5.16 Å². The fourth-order valence-electron chi connectivity index (χ4n) is 1.53. The summed E-state index contributed by atoms with van der Waals surface area (Å²) in [5, 5.41) is 22.6. The van der Waals surface area contributed by atoms with E-state index >= 15 is 0 Å². The molecule has 0 aliphatic rings. The van der Waals surface area contributed by atoms with Gasteiger partial charge in [-0.25, -0.2) is 4.79 Å². The van der Waals surface area contributed by atoms with E-state index in [9.17, 15) is 14.9 Å². The first kappa shape index (κ1) is 11.8. The van der Waals surface area contributed by atoms with Crippen molar-refractivity contribution in [3.05, 3.63) is 50.4 Å². The minimum absolute atomic E-state index is 0.0606. The van der Waals surface area contributed by atoms with Crippen LogP contribution in [-0.4, -0.2) is 15.8 Å². The fraction of sp³-hybridized carbons (Fsp3) is 0.0909. The molecule has 7 nitrogen and oxygen atoms in total. The Kier molecular flexibility index (Phi) is 2.80. The maximum atomic E-state index is 11.6. The quantitative estimate of drug-likeness (QED) is 0.287. The van der Waals surface area contributed by atoms with Crippen molar-refractivity contribution in [2.75, 3.05) is 0 Å².